The fraction of sp³-hybridized carbons (Fsp3) is 0.125. The molecule has 0 spiro atoms. The molecule has 0 saturated carbocycles. The summed E-state index contributed by atoms with van der Waals surface area (Å²) < 4.78 is 5.75. The molecule has 0 bridgehead atoms. The first kappa shape index (κ1) is 12.7. The highest BCUT2D eigenvalue weighted by atomic mass is 35.5. The Labute approximate surface area is 121 Å². The van der Waals surface area contributed by atoms with E-state index in [9.17, 15) is 0 Å². The number of para-hydroxylation sites is 2. The van der Waals surface area contributed by atoms with E-state index in [0.717, 1.165) is 22.2 Å². The summed E-state index contributed by atoms with van der Waals surface area (Å²) in [4.78, 5) is 4.47. The zero-order valence-electron chi connectivity index (χ0n) is 10.6. The number of fused-ring (bicyclic) bond motifs is 1. The predicted molar refractivity (Wildman–Crippen MR) is 78.9 cm³/mol. The van der Waals surface area contributed by atoms with Gasteiger partial charge in [0, 0.05) is 10.6 Å². The fourth-order valence-electron chi connectivity index (χ4n) is 2.10. The highest BCUT2D eigenvalue weighted by Crippen LogP contribution is 2.29. The second-order valence-corrected chi connectivity index (χ2v) is 4.88. The number of hydrogen-bond donors (Lipinski definition) is 0. The van der Waals surface area contributed by atoms with Crippen molar-refractivity contribution in [3.63, 3.8) is 0 Å². The van der Waals surface area contributed by atoms with Gasteiger partial charge in [-0.2, -0.15) is 5.26 Å². The summed E-state index contributed by atoms with van der Waals surface area (Å²) in [5.41, 5.74) is 3.32. The van der Waals surface area contributed by atoms with Crippen LogP contribution in [0, 0.1) is 11.3 Å². The van der Waals surface area contributed by atoms with Crippen molar-refractivity contribution in [3.8, 4) is 6.07 Å². The van der Waals surface area contributed by atoms with Crippen LogP contribution in [0.3, 0.4) is 0 Å². The van der Waals surface area contributed by atoms with Crippen molar-refractivity contribution < 1.29 is 4.42 Å². The Hall–Kier alpha value is -2.31. The molecule has 0 atom stereocenters. The highest BCUT2D eigenvalue weighted by molar-refractivity contribution is 6.32. The first-order chi connectivity index (χ1) is 9.78. The van der Waals surface area contributed by atoms with E-state index < -0.39 is 0 Å². The van der Waals surface area contributed by atoms with Crippen LogP contribution >= 0.6 is 11.6 Å². The number of halogens is 1. The maximum Gasteiger partial charge on any atom is 0.223 e. The molecule has 1 aromatic heterocycles. The quantitative estimate of drug-likeness (QED) is 0.810. The van der Waals surface area contributed by atoms with Crippen LogP contribution in [-0.4, -0.2) is 4.98 Å². The van der Waals surface area contributed by atoms with Crippen LogP contribution < -0.4 is 0 Å². The summed E-state index contributed by atoms with van der Waals surface area (Å²) in [6.07, 6.45) is 6.67. The molecule has 0 fully saturated rings. The third-order valence-corrected chi connectivity index (χ3v) is 3.45. The molecule has 0 unspecified atom stereocenters. The molecular formula is C16H11ClN2O. The molecule has 1 aromatic carbocycles. The number of hydrogen-bond acceptors (Lipinski definition) is 3. The predicted octanol–water partition coefficient (Wildman–Crippen LogP) is 4.58. The Morgan fingerprint density at radius 2 is 2.20 bits per heavy atom. The van der Waals surface area contributed by atoms with Crippen LogP contribution in [0.1, 0.15) is 18.7 Å². The smallest absolute Gasteiger partial charge is 0.223 e. The lowest BCUT2D eigenvalue weighted by molar-refractivity contribution is 0.582. The van der Waals surface area contributed by atoms with Gasteiger partial charge in [0.15, 0.2) is 5.58 Å². The van der Waals surface area contributed by atoms with Gasteiger partial charge < -0.3 is 4.42 Å². The lowest BCUT2D eigenvalue weighted by atomic mass is 10.2. The lowest BCUT2D eigenvalue weighted by Crippen LogP contribution is -1.83. The largest absolute Gasteiger partial charge is 0.436 e. The van der Waals surface area contributed by atoms with Crippen LogP contribution in [-0.2, 0) is 0 Å². The van der Waals surface area contributed by atoms with Gasteiger partial charge in [-0.25, -0.2) is 4.98 Å². The molecule has 20 heavy (non-hydrogen) atoms. The minimum Gasteiger partial charge on any atom is -0.436 e. The van der Waals surface area contributed by atoms with Crippen LogP contribution in [0.15, 0.2) is 57.5 Å². The Kier molecular flexibility index (Phi) is 3.41. The summed E-state index contributed by atoms with van der Waals surface area (Å²) in [6, 6.07) is 9.74. The van der Waals surface area contributed by atoms with Gasteiger partial charge >= 0.3 is 0 Å². The van der Waals surface area contributed by atoms with E-state index in [1.807, 2.05) is 42.5 Å². The van der Waals surface area contributed by atoms with Crippen LogP contribution in [0.4, 0.5) is 0 Å². The summed E-state index contributed by atoms with van der Waals surface area (Å²) in [7, 11) is 0. The van der Waals surface area contributed by atoms with Crippen LogP contribution in [0.5, 0.6) is 0 Å². The number of aromatic nitrogens is 1. The van der Waals surface area contributed by atoms with Gasteiger partial charge in [0.2, 0.25) is 5.89 Å². The van der Waals surface area contributed by atoms with E-state index in [2.05, 4.69) is 11.1 Å². The Morgan fingerprint density at radius 3 is 3.00 bits per heavy atom. The van der Waals surface area contributed by atoms with Crippen LogP contribution in [0.2, 0.25) is 0 Å². The molecule has 3 nitrogen and oxygen atoms in total. The van der Waals surface area contributed by atoms with E-state index in [-0.39, 0.29) is 0 Å². The number of nitriles is 1. The van der Waals surface area contributed by atoms with Gasteiger partial charge in [0.1, 0.15) is 5.52 Å². The lowest BCUT2D eigenvalue weighted by Gasteiger charge is -1.98. The van der Waals surface area contributed by atoms with Gasteiger partial charge in [0.05, 0.1) is 12.5 Å². The fourth-order valence-corrected chi connectivity index (χ4v) is 2.36. The molecule has 2 aromatic rings. The number of nitrogens with zero attached hydrogens (tertiary/aromatic N) is 2. The van der Waals surface area contributed by atoms with Gasteiger partial charge in [-0.15, -0.1) is 0 Å². The minimum atomic E-state index is 0.298. The van der Waals surface area contributed by atoms with Gasteiger partial charge in [-0.05, 0) is 30.2 Å². The molecule has 1 aliphatic carbocycles. The van der Waals surface area contributed by atoms with E-state index in [1.54, 1.807) is 0 Å². The molecule has 0 radical (unpaired) electrons. The van der Waals surface area contributed by atoms with Gasteiger partial charge in [0.25, 0.3) is 0 Å². The van der Waals surface area contributed by atoms with Crippen molar-refractivity contribution in [1.29, 1.82) is 5.26 Å². The molecule has 1 aliphatic rings. The molecular weight excluding hydrogens is 272 g/mol. The second-order valence-electron chi connectivity index (χ2n) is 4.47. The third kappa shape index (κ3) is 2.38. The Balaban J connectivity index is 2.04. The molecule has 0 aliphatic heterocycles. The normalized spacial score (nSPS) is 15.1. The highest BCUT2D eigenvalue weighted by Gasteiger charge is 2.13. The summed E-state index contributed by atoms with van der Waals surface area (Å²) >= 11 is 6.24. The Morgan fingerprint density at radius 1 is 1.35 bits per heavy atom. The summed E-state index contributed by atoms with van der Waals surface area (Å²) in [6.45, 7) is 0. The zero-order chi connectivity index (χ0) is 13.9. The monoisotopic (exact) mass is 282 g/mol. The van der Waals surface area contributed by atoms with E-state index in [1.165, 1.54) is 0 Å². The minimum absolute atomic E-state index is 0.298. The molecule has 1 heterocycles. The van der Waals surface area contributed by atoms with E-state index in [4.69, 9.17) is 21.3 Å². The average molecular weight is 283 g/mol. The maximum absolute atomic E-state index is 8.78. The first-order valence-electron chi connectivity index (χ1n) is 6.26. The molecule has 0 saturated heterocycles. The average Bonchev–Trinajstić information content (AvgIpc) is 2.80. The standard InChI is InChI=1S/C16H11ClN2O/c17-13-10-12(5-3-4-11(13)8-9-18)16-19-14-6-1-2-7-15(14)20-16/h1-4,6-7,10H,5,8H2. The molecule has 4 heteroatoms. The number of benzene rings is 1. The molecule has 98 valence electrons. The van der Waals surface area contributed by atoms with Gasteiger partial charge in [-0.3, -0.25) is 0 Å². The first-order valence-corrected chi connectivity index (χ1v) is 6.64. The molecule has 0 N–H and O–H groups in total. The maximum atomic E-state index is 8.78. The van der Waals surface area contributed by atoms with Crippen molar-refractivity contribution in [3.05, 3.63) is 59.0 Å². The summed E-state index contributed by atoms with van der Waals surface area (Å²) in [5.74, 6) is 0.576. The number of oxazole rings is 1. The zero-order valence-corrected chi connectivity index (χ0v) is 11.4. The number of rotatable bonds is 2. The van der Waals surface area contributed by atoms with Crippen LogP contribution in [0.25, 0.3) is 16.7 Å². The second kappa shape index (κ2) is 5.36. The van der Waals surface area contributed by atoms with E-state index >= 15 is 0 Å². The van der Waals surface area contributed by atoms with Crippen molar-refractivity contribution >= 4 is 28.3 Å². The van der Waals surface area contributed by atoms with Gasteiger partial charge in [-0.1, -0.05) is 35.9 Å². The Bertz CT molecular complexity index is 757. The molecule has 0 amide bonds. The van der Waals surface area contributed by atoms with Crippen molar-refractivity contribution in [2.24, 2.45) is 0 Å². The van der Waals surface area contributed by atoms with Crippen molar-refractivity contribution in [2.75, 3.05) is 0 Å². The topological polar surface area (TPSA) is 49.8 Å². The summed E-state index contributed by atoms with van der Waals surface area (Å²) in [5, 5.41) is 9.35. The SMILES string of the molecule is N#CCC1=C(Cl)C=C(c2nc3ccccc3o2)CC=C1. The molecule has 3 rings (SSSR count). The number of allylic oxidation sites excluding steroid dienone is 6. The van der Waals surface area contributed by atoms with E-state index in [0.29, 0.717) is 23.8 Å². The van der Waals surface area contributed by atoms with Crippen molar-refractivity contribution in [2.45, 2.75) is 12.8 Å². The third-order valence-electron chi connectivity index (χ3n) is 3.10. The van der Waals surface area contributed by atoms with Crippen molar-refractivity contribution in [1.82, 2.24) is 4.98 Å².